The van der Waals surface area contributed by atoms with Gasteiger partial charge in [-0.3, -0.25) is 4.79 Å². The molecule has 84 valence electrons. The third-order valence-electron chi connectivity index (χ3n) is 2.33. The van der Waals surface area contributed by atoms with Crippen LogP contribution in [-0.2, 0) is 11.2 Å². The molecule has 1 atom stereocenters. The van der Waals surface area contributed by atoms with Crippen molar-refractivity contribution < 1.29 is 4.79 Å². The van der Waals surface area contributed by atoms with Gasteiger partial charge in [-0.05, 0) is 30.8 Å². The number of hydrogen-bond acceptors (Lipinski definition) is 4. The molecule has 0 N–H and O–H groups in total. The SMILES string of the molecule is CCCc1nsc(C(C(C)=O)C(C)C)n1. The van der Waals surface area contributed by atoms with Crippen LogP contribution < -0.4 is 0 Å². The third-order valence-corrected chi connectivity index (χ3v) is 3.16. The van der Waals surface area contributed by atoms with E-state index in [0.717, 1.165) is 23.7 Å². The zero-order valence-corrected chi connectivity index (χ0v) is 10.6. The maximum absolute atomic E-state index is 11.5. The first-order chi connectivity index (χ1) is 7.06. The minimum Gasteiger partial charge on any atom is -0.299 e. The molecule has 0 aromatic carbocycles. The molecule has 1 aromatic heterocycles. The molecule has 0 amide bonds. The molecular weight excluding hydrogens is 208 g/mol. The summed E-state index contributed by atoms with van der Waals surface area (Å²) < 4.78 is 4.27. The molecule has 0 saturated heterocycles. The van der Waals surface area contributed by atoms with Gasteiger partial charge in [0.25, 0.3) is 0 Å². The van der Waals surface area contributed by atoms with E-state index in [-0.39, 0.29) is 11.7 Å². The summed E-state index contributed by atoms with van der Waals surface area (Å²) in [6.07, 6.45) is 1.95. The van der Waals surface area contributed by atoms with Gasteiger partial charge in [0.15, 0.2) is 0 Å². The highest BCUT2D eigenvalue weighted by atomic mass is 32.1. The second-order valence-corrected chi connectivity index (χ2v) is 4.91. The molecule has 0 fully saturated rings. The Morgan fingerprint density at radius 2 is 2.13 bits per heavy atom. The molecule has 0 saturated carbocycles. The number of rotatable bonds is 5. The van der Waals surface area contributed by atoms with E-state index in [1.165, 1.54) is 11.5 Å². The fourth-order valence-electron chi connectivity index (χ4n) is 1.65. The lowest BCUT2D eigenvalue weighted by molar-refractivity contribution is -0.119. The van der Waals surface area contributed by atoms with Crippen LogP contribution in [0.4, 0.5) is 0 Å². The first kappa shape index (κ1) is 12.3. The van der Waals surface area contributed by atoms with E-state index in [2.05, 4.69) is 16.3 Å². The fourth-order valence-corrected chi connectivity index (χ4v) is 2.68. The van der Waals surface area contributed by atoms with E-state index in [9.17, 15) is 4.79 Å². The van der Waals surface area contributed by atoms with Gasteiger partial charge in [-0.2, -0.15) is 4.37 Å². The quantitative estimate of drug-likeness (QED) is 0.775. The van der Waals surface area contributed by atoms with Gasteiger partial charge in [-0.15, -0.1) is 0 Å². The van der Waals surface area contributed by atoms with Crippen molar-refractivity contribution in [1.29, 1.82) is 0 Å². The van der Waals surface area contributed by atoms with Gasteiger partial charge in [-0.1, -0.05) is 20.8 Å². The lowest BCUT2D eigenvalue weighted by Gasteiger charge is -2.13. The molecule has 3 nitrogen and oxygen atoms in total. The molecule has 0 aliphatic carbocycles. The minimum atomic E-state index is -0.0758. The Bertz CT molecular complexity index is 333. The minimum absolute atomic E-state index is 0.0758. The number of aromatic nitrogens is 2. The van der Waals surface area contributed by atoms with Crippen LogP contribution in [0.3, 0.4) is 0 Å². The van der Waals surface area contributed by atoms with Crippen molar-refractivity contribution in [2.24, 2.45) is 5.92 Å². The molecule has 1 rings (SSSR count). The molecular formula is C11H18N2OS. The average Bonchev–Trinajstić information content (AvgIpc) is 2.52. The van der Waals surface area contributed by atoms with Crippen molar-refractivity contribution in [3.63, 3.8) is 0 Å². The summed E-state index contributed by atoms with van der Waals surface area (Å²) in [6, 6.07) is 0. The van der Waals surface area contributed by atoms with Crippen molar-refractivity contribution in [1.82, 2.24) is 9.36 Å². The lowest BCUT2D eigenvalue weighted by atomic mass is 9.93. The largest absolute Gasteiger partial charge is 0.299 e. The highest BCUT2D eigenvalue weighted by Gasteiger charge is 2.24. The number of aryl methyl sites for hydroxylation is 1. The van der Waals surface area contributed by atoms with Crippen LogP contribution in [0.15, 0.2) is 0 Å². The second-order valence-electron chi connectivity index (χ2n) is 4.13. The summed E-state index contributed by atoms with van der Waals surface area (Å²) in [5.41, 5.74) is 0. The summed E-state index contributed by atoms with van der Waals surface area (Å²) >= 11 is 1.37. The Balaban J connectivity index is 2.87. The molecule has 0 radical (unpaired) electrons. The Kier molecular flexibility index (Phi) is 4.39. The number of carbonyl (C=O) groups is 1. The van der Waals surface area contributed by atoms with E-state index in [0.29, 0.717) is 5.92 Å². The van der Waals surface area contributed by atoms with Crippen molar-refractivity contribution >= 4 is 17.3 Å². The van der Waals surface area contributed by atoms with Crippen molar-refractivity contribution in [3.8, 4) is 0 Å². The van der Waals surface area contributed by atoms with Crippen molar-refractivity contribution in [2.75, 3.05) is 0 Å². The maximum Gasteiger partial charge on any atom is 0.142 e. The molecule has 0 bridgehead atoms. The van der Waals surface area contributed by atoms with Gasteiger partial charge >= 0.3 is 0 Å². The second kappa shape index (κ2) is 5.35. The highest BCUT2D eigenvalue weighted by molar-refractivity contribution is 7.05. The van der Waals surface area contributed by atoms with Gasteiger partial charge < -0.3 is 0 Å². The highest BCUT2D eigenvalue weighted by Crippen LogP contribution is 2.26. The van der Waals surface area contributed by atoms with Gasteiger partial charge in [0, 0.05) is 6.42 Å². The molecule has 0 aliphatic heterocycles. The topological polar surface area (TPSA) is 42.9 Å². The predicted octanol–water partition coefficient (Wildman–Crippen LogP) is 2.82. The molecule has 0 spiro atoms. The zero-order chi connectivity index (χ0) is 11.4. The summed E-state index contributed by atoms with van der Waals surface area (Å²) in [5.74, 6) is 1.28. The Labute approximate surface area is 95.1 Å². The molecule has 0 aliphatic rings. The third kappa shape index (κ3) is 3.09. The van der Waals surface area contributed by atoms with Crippen LogP contribution >= 0.6 is 11.5 Å². The van der Waals surface area contributed by atoms with Crippen LogP contribution in [0.25, 0.3) is 0 Å². The van der Waals surface area contributed by atoms with E-state index < -0.39 is 0 Å². The number of carbonyl (C=O) groups excluding carboxylic acids is 1. The van der Waals surface area contributed by atoms with Crippen LogP contribution in [0.5, 0.6) is 0 Å². The number of hydrogen-bond donors (Lipinski definition) is 0. The van der Waals surface area contributed by atoms with Crippen LogP contribution in [0.2, 0.25) is 0 Å². The Morgan fingerprint density at radius 3 is 2.60 bits per heavy atom. The molecule has 15 heavy (non-hydrogen) atoms. The van der Waals surface area contributed by atoms with Gasteiger partial charge in [0.1, 0.15) is 16.6 Å². The van der Waals surface area contributed by atoms with Crippen LogP contribution in [-0.4, -0.2) is 15.1 Å². The zero-order valence-electron chi connectivity index (χ0n) is 9.78. The lowest BCUT2D eigenvalue weighted by Crippen LogP contribution is -2.15. The average molecular weight is 226 g/mol. The fraction of sp³-hybridized carbons (Fsp3) is 0.727. The van der Waals surface area contributed by atoms with Gasteiger partial charge in [0.05, 0.1) is 5.92 Å². The molecule has 1 unspecified atom stereocenters. The van der Waals surface area contributed by atoms with E-state index in [1.54, 1.807) is 6.92 Å². The normalized spacial score (nSPS) is 13.1. The number of nitrogens with zero attached hydrogens (tertiary/aromatic N) is 2. The maximum atomic E-state index is 11.5. The number of ketones is 1. The van der Waals surface area contributed by atoms with Crippen molar-refractivity contribution in [2.45, 2.75) is 46.5 Å². The molecule has 1 aromatic rings. The van der Waals surface area contributed by atoms with Crippen LogP contribution in [0, 0.1) is 5.92 Å². The Morgan fingerprint density at radius 1 is 1.47 bits per heavy atom. The van der Waals surface area contributed by atoms with E-state index in [4.69, 9.17) is 0 Å². The number of Topliss-reactive ketones (excluding diaryl/α,β-unsaturated/α-hetero) is 1. The summed E-state index contributed by atoms with van der Waals surface area (Å²) in [7, 11) is 0. The van der Waals surface area contributed by atoms with Crippen molar-refractivity contribution in [3.05, 3.63) is 10.8 Å². The summed E-state index contributed by atoms with van der Waals surface area (Å²) in [5, 5.41) is 0.876. The first-order valence-electron chi connectivity index (χ1n) is 5.39. The Hall–Kier alpha value is -0.770. The summed E-state index contributed by atoms with van der Waals surface area (Å²) in [6.45, 7) is 7.83. The molecule has 4 heteroatoms. The monoisotopic (exact) mass is 226 g/mol. The first-order valence-corrected chi connectivity index (χ1v) is 6.16. The smallest absolute Gasteiger partial charge is 0.142 e. The van der Waals surface area contributed by atoms with Gasteiger partial charge in [0.2, 0.25) is 0 Å². The van der Waals surface area contributed by atoms with E-state index in [1.807, 2.05) is 13.8 Å². The summed E-state index contributed by atoms with van der Waals surface area (Å²) in [4.78, 5) is 15.9. The van der Waals surface area contributed by atoms with Gasteiger partial charge in [-0.25, -0.2) is 4.98 Å². The predicted molar refractivity (Wildman–Crippen MR) is 62.2 cm³/mol. The molecule has 1 heterocycles. The van der Waals surface area contributed by atoms with Crippen LogP contribution in [0.1, 0.15) is 50.9 Å². The standard InChI is InChI=1S/C11H18N2OS/c1-5-6-9-12-11(15-13-9)10(7(2)3)8(4)14/h7,10H,5-6H2,1-4H3. The van der Waals surface area contributed by atoms with E-state index >= 15 is 0 Å².